The topological polar surface area (TPSA) is 66.8 Å². The number of ether oxygens (including phenoxy) is 2. The lowest BCUT2D eigenvalue weighted by Crippen LogP contribution is -2.38. The lowest BCUT2D eigenvalue weighted by Gasteiger charge is -2.26. The number of hydrogen-bond donors (Lipinski definition) is 2. The van der Waals surface area contributed by atoms with Crippen molar-refractivity contribution in [2.45, 2.75) is 13.2 Å². The highest BCUT2D eigenvalue weighted by molar-refractivity contribution is 6.32. The number of anilines is 1. The second-order valence-electron chi connectivity index (χ2n) is 6.13. The van der Waals surface area contributed by atoms with E-state index in [1.807, 2.05) is 30.3 Å². The van der Waals surface area contributed by atoms with Gasteiger partial charge in [-0.1, -0.05) is 23.7 Å². The van der Waals surface area contributed by atoms with Crippen LogP contribution < -0.4 is 10.1 Å². The first kappa shape index (κ1) is 18.9. The zero-order valence-electron chi connectivity index (χ0n) is 14.7. The highest BCUT2D eigenvalue weighted by Gasteiger charge is 2.10. The summed E-state index contributed by atoms with van der Waals surface area (Å²) in [6.45, 7) is 5.58. The number of nitrogens with one attached hydrogen (secondary N) is 1. The Labute approximate surface area is 158 Å². The van der Waals surface area contributed by atoms with E-state index in [1.54, 1.807) is 6.20 Å². The van der Waals surface area contributed by atoms with Crippen molar-refractivity contribution in [2.75, 3.05) is 44.8 Å². The summed E-state index contributed by atoms with van der Waals surface area (Å²) in [4.78, 5) is 6.57. The summed E-state index contributed by atoms with van der Waals surface area (Å²) in [6.07, 6.45) is 1.65. The first-order valence-corrected chi connectivity index (χ1v) is 9.13. The minimum Gasteiger partial charge on any atom is -0.491 e. The third-order valence-electron chi connectivity index (χ3n) is 4.25. The van der Waals surface area contributed by atoms with E-state index in [0.29, 0.717) is 23.9 Å². The van der Waals surface area contributed by atoms with Crippen molar-refractivity contribution in [3.63, 3.8) is 0 Å². The number of hydrogen-bond acceptors (Lipinski definition) is 6. The van der Waals surface area contributed by atoms with E-state index in [9.17, 15) is 0 Å². The number of aromatic nitrogens is 1. The summed E-state index contributed by atoms with van der Waals surface area (Å²) < 4.78 is 11.1. The van der Waals surface area contributed by atoms with Crippen LogP contribution in [0.3, 0.4) is 0 Å². The second-order valence-corrected chi connectivity index (χ2v) is 6.54. The molecule has 0 spiro atoms. The Balaban J connectivity index is 1.46. The number of morpholine rings is 1. The molecule has 0 unspecified atom stereocenters. The Morgan fingerprint density at radius 2 is 2.00 bits per heavy atom. The van der Waals surface area contributed by atoms with Crippen LogP contribution in [0.25, 0.3) is 0 Å². The Morgan fingerprint density at radius 3 is 2.69 bits per heavy atom. The Bertz CT molecular complexity index is 691. The van der Waals surface area contributed by atoms with Crippen molar-refractivity contribution in [1.29, 1.82) is 0 Å². The van der Waals surface area contributed by atoms with Gasteiger partial charge in [-0.05, 0) is 29.3 Å². The zero-order valence-corrected chi connectivity index (χ0v) is 15.4. The van der Waals surface area contributed by atoms with Gasteiger partial charge in [-0.2, -0.15) is 0 Å². The van der Waals surface area contributed by atoms with Crippen molar-refractivity contribution < 1.29 is 14.6 Å². The van der Waals surface area contributed by atoms with Gasteiger partial charge in [0.05, 0.1) is 24.8 Å². The zero-order chi connectivity index (χ0) is 18.2. The third-order valence-corrected chi connectivity index (χ3v) is 4.54. The van der Waals surface area contributed by atoms with Gasteiger partial charge < -0.3 is 19.9 Å². The fraction of sp³-hybridized carbons (Fsp3) is 0.421. The fourth-order valence-corrected chi connectivity index (χ4v) is 2.95. The molecule has 0 amide bonds. The number of aliphatic hydroxyl groups excluding tert-OH is 1. The minimum atomic E-state index is -0.00408. The maximum absolute atomic E-state index is 9.03. The maximum Gasteiger partial charge on any atom is 0.137 e. The third kappa shape index (κ3) is 5.57. The van der Waals surface area contributed by atoms with Crippen molar-refractivity contribution >= 4 is 17.4 Å². The molecule has 0 saturated carbocycles. The molecule has 6 nitrogen and oxygen atoms in total. The van der Waals surface area contributed by atoms with E-state index in [1.165, 1.54) is 0 Å². The summed E-state index contributed by atoms with van der Waals surface area (Å²) in [5, 5.41) is 12.9. The van der Waals surface area contributed by atoms with Crippen LogP contribution >= 0.6 is 11.6 Å². The number of halogens is 1. The number of rotatable bonds is 8. The molecule has 2 aromatic rings. The molecule has 2 N–H and O–H groups in total. The Kier molecular flexibility index (Phi) is 7.08. The summed E-state index contributed by atoms with van der Waals surface area (Å²) in [5.41, 5.74) is 1.83. The molecule has 3 rings (SSSR count). The average molecular weight is 378 g/mol. The number of aliphatic hydroxyl groups is 1. The lowest BCUT2D eigenvalue weighted by atomic mass is 10.2. The van der Waals surface area contributed by atoms with Crippen LogP contribution in [0.1, 0.15) is 11.1 Å². The largest absolute Gasteiger partial charge is 0.491 e. The summed E-state index contributed by atoms with van der Waals surface area (Å²) in [7, 11) is 0. The quantitative estimate of drug-likeness (QED) is 0.737. The maximum atomic E-state index is 9.03. The molecule has 7 heteroatoms. The average Bonchev–Trinajstić information content (AvgIpc) is 2.69. The fourth-order valence-electron chi connectivity index (χ4n) is 2.70. The minimum absolute atomic E-state index is 0.00408. The summed E-state index contributed by atoms with van der Waals surface area (Å²) in [6, 6.07) is 9.48. The molecule has 1 aromatic heterocycles. The second kappa shape index (κ2) is 9.73. The van der Waals surface area contributed by atoms with Gasteiger partial charge in [0.25, 0.3) is 0 Å². The van der Waals surface area contributed by atoms with Gasteiger partial charge in [-0.25, -0.2) is 4.98 Å². The van der Waals surface area contributed by atoms with Gasteiger partial charge in [-0.15, -0.1) is 0 Å². The molecule has 0 bridgehead atoms. The number of nitrogens with zero attached hydrogens (tertiary/aromatic N) is 2. The highest BCUT2D eigenvalue weighted by atomic mass is 35.5. The number of pyridine rings is 1. The van der Waals surface area contributed by atoms with Gasteiger partial charge in [-0.3, -0.25) is 4.90 Å². The Hall–Kier alpha value is -1.86. The van der Waals surface area contributed by atoms with Crippen LogP contribution in [0.4, 0.5) is 5.82 Å². The van der Waals surface area contributed by atoms with Crippen molar-refractivity contribution in [3.05, 3.63) is 52.7 Å². The van der Waals surface area contributed by atoms with Gasteiger partial charge in [0.15, 0.2) is 0 Å². The van der Waals surface area contributed by atoms with Crippen molar-refractivity contribution in [2.24, 2.45) is 0 Å². The lowest BCUT2D eigenvalue weighted by molar-refractivity contribution is 0.0322. The SMILES string of the molecule is OCc1ccc(NCc2ccc(OCCN3CCOCC3)c(Cl)c2)nc1. The summed E-state index contributed by atoms with van der Waals surface area (Å²) in [5.74, 6) is 1.46. The molecule has 1 aliphatic rings. The molecule has 0 atom stereocenters. The van der Waals surface area contributed by atoms with Crippen molar-refractivity contribution in [3.8, 4) is 5.75 Å². The van der Waals surface area contributed by atoms with Gasteiger partial charge in [0.1, 0.15) is 18.2 Å². The molecular formula is C19H24ClN3O3. The van der Waals surface area contributed by atoms with E-state index in [4.69, 9.17) is 26.2 Å². The molecule has 2 heterocycles. The van der Waals surface area contributed by atoms with Crippen LogP contribution in [-0.4, -0.2) is 54.4 Å². The predicted molar refractivity (Wildman–Crippen MR) is 102 cm³/mol. The number of benzene rings is 1. The molecule has 1 aliphatic heterocycles. The molecule has 0 aliphatic carbocycles. The molecule has 140 valence electrons. The highest BCUT2D eigenvalue weighted by Crippen LogP contribution is 2.25. The van der Waals surface area contributed by atoms with Crippen LogP contribution in [0.2, 0.25) is 5.02 Å². The van der Waals surface area contributed by atoms with E-state index < -0.39 is 0 Å². The van der Waals surface area contributed by atoms with E-state index >= 15 is 0 Å². The van der Waals surface area contributed by atoms with Crippen LogP contribution in [0, 0.1) is 0 Å². The predicted octanol–water partition coefficient (Wildman–Crippen LogP) is 2.55. The molecule has 1 fully saturated rings. The summed E-state index contributed by atoms with van der Waals surface area (Å²) >= 11 is 6.34. The van der Waals surface area contributed by atoms with Gasteiger partial charge in [0.2, 0.25) is 0 Å². The first-order valence-electron chi connectivity index (χ1n) is 8.75. The molecule has 0 radical (unpaired) electrons. The van der Waals surface area contributed by atoms with Gasteiger partial charge in [0, 0.05) is 32.4 Å². The Morgan fingerprint density at radius 1 is 1.19 bits per heavy atom. The molecular weight excluding hydrogens is 354 g/mol. The monoisotopic (exact) mass is 377 g/mol. The molecule has 1 aromatic carbocycles. The molecule has 1 saturated heterocycles. The van der Waals surface area contributed by atoms with E-state index in [0.717, 1.165) is 49.8 Å². The van der Waals surface area contributed by atoms with Crippen LogP contribution in [0.5, 0.6) is 5.75 Å². The van der Waals surface area contributed by atoms with Crippen LogP contribution in [-0.2, 0) is 17.9 Å². The van der Waals surface area contributed by atoms with Crippen LogP contribution in [0.15, 0.2) is 36.5 Å². The van der Waals surface area contributed by atoms with E-state index in [2.05, 4.69) is 15.2 Å². The normalized spacial score (nSPS) is 15.0. The van der Waals surface area contributed by atoms with E-state index in [-0.39, 0.29) is 6.61 Å². The smallest absolute Gasteiger partial charge is 0.137 e. The standard InChI is InChI=1S/C19H24ClN3O3/c20-17-11-15(12-21-19-4-2-16(14-24)13-22-19)1-3-18(17)26-10-7-23-5-8-25-9-6-23/h1-4,11,13,24H,5-10,12,14H2,(H,21,22). The molecule has 26 heavy (non-hydrogen) atoms. The first-order chi connectivity index (χ1) is 12.7. The van der Waals surface area contributed by atoms with Crippen molar-refractivity contribution in [1.82, 2.24) is 9.88 Å². The van der Waals surface area contributed by atoms with Gasteiger partial charge >= 0.3 is 0 Å².